The smallest absolute Gasteiger partial charge is 0.338 e. The van der Waals surface area contributed by atoms with Crippen LogP contribution in [0, 0.1) is 18.8 Å². The fourth-order valence-corrected chi connectivity index (χ4v) is 4.36. The number of carboxylic acid groups (broad SMARTS) is 1. The van der Waals surface area contributed by atoms with Crippen molar-refractivity contribution in [3.8, 4) is 0 Å². The molecule has 1 saturated heterocycles. The number of nitrogens with zero attached hydrogens (tertiary/aromatic N) is 3. The van der Waals surface area contributed by atoms with E-state index in [1.54, 1.807) is 0 Å². The van der Waals surface area contributed by atoms with Gasteiger partial charge in [-0.05, 0) is 48.6 Å². The molecule has 4 rings (SSSR count). The summed E-state index contributed by atoms with van der Waals surface area (Å²) >= 11 is 0. The first-order valence-electron chi connectivity index (χ1n) is 8.47. The lowest BCUT2D eigenvalue weighted by Crippen LogP contribution is -2.24. The van der Waals surface area contributed by atoms with Crippen LogP contribution in [0.2, 0.25) is 0 Å². The molecule has 0 bridgehead atoms. The minimum atomic E-state index is -0.985. The van der Waals surface area contributed by atoms with Gasteiger partial charge in [-0.15, -0.1) is 0 Å². The van der Waals surface area contributed by atoms with Crippen molar-refractivity contribution in [3.63, 3.8) is 0 Å². The molecule has 5 nitrogen and oxygen atoms in total. The number of carboxylic acids is 1. The van der Waals surface area contributed by atoms with Crippen molar-refractivity contribution in [1.29, 1.82) is 0 Å². The van der Waals surface area contributed by atoms with Crippen LogP contribution in [-0.2, 0) is 0 Å². The summed E-state index contributed by atoms with van der Waals surface area (Å²) in [6, 6.07) is 8.72. The number of hydrogen-bond acceptors (Lipinski definition) is 4. The van der Waals surface area contributed by atoms with Crippen LogP contribution in [0.25, 0.3) is 0 Å². The fourth-order valence-electron chi connectivity index (χ4n) is 4.36. The lowest BCUT2D eigenvalue weighted by molar-refractivity contribution is 0.0696. The number of rotatable bonds is 3. The maximum Gasteiger partial charge on any atom is 0.338 e. The third-order valence-corrected chi connectivity index (χ3v) is 5.55. The van der Waals surface area contributed by atoms with Gasteiger partial charge in [0, 0.05) is 25.5 Å². The molecular formula is C19H21N3O2. The second-order valence-electron chi connectivity index (χ2n) is 7.03. The zero-order valence-corrected chi connectivity index (χ0v) is 13.7. The Hall–Kier alpha value is -2.43. The minimum absolute atomic E-state index is 0.137. The van der Waals surface area contributed by atoms with Gasteiger partial charge in [-0.1, -0.05) is 24.3 Å². The molecule has 1 N–H and O–H groups in total. The number of benzene rings is 1. The van der Waals surface area contributed by atoms with Crippen molar-refractivity contribution in [3.05, 3.63) is 53.3 Å². The molecule has 0 radical (unpaired) electrons. The van der Waals surface area contributed by atoms with Gasteiger partial charge < -0.3 is 10.0 Å². The van der Waals surface area contributed by atoms with E-state index in [0.717, 1.165) is 13.1 Å². The normalized spacial score (nSPS) is 25.7. The van der Waals surface area contributed by atoms with Crippen LogP contribution in [0.4, 0.5) is 5.95 Å². The first kappa shape index (κ1) is 15.1. The predicted molar refractivity (Wildman–Crippen MR) is 91.3 cm³/mol. The molecule has 1 aromatic heterocycles. The zero-order valence-electron chi connectivity index (χ0n) is 13.7. The molecule has 1 saturated carbocycles. The summed E-state index contributed by atoms with van der Waals surface area (Å²) in [6.45, 7) is 4.15. The summed E-state index contributed by atoms with van der Waals surface area (Å²) in [7, 11) is 0. The molecule has 3 atom stereocenters. The topological polar surface area (TPSA) is 66.3 Å². The highest BCUT2D eigenvalue weighted by molar-refractivity contribution is 5.86. The van der Waals surface area contributed by atoms with Gasteiger partial charge in [-0.25, -0.2) is 14.8 Å². The van der Waals surface area contributed by atoms with E-state index < -0.39 is 5.97 Å². The van der Waals surface area contributed by atoms with Crippen LogP contribution < -0.4 is 4.90 Å². The summed E-state index contributed by atoms with van der Waals surface area (Å²) in [4.78, 5) is 21.6. The predicted octanol–water partition coefficient (Wildman–Crippen LogP) is 3.11. The van der Waals surface area contributed by atoms with Gasteiger partial charge in [-0.3, -0.25) is 0 Å². The molecule has 0 unspecified atom stereocenters. The van der Waals surface area contributed by atoms with Gasteiger partial charge in [-0.2, -0.15) is 0 Å². The summed E-state index contributed by atoms with van der Waals surface area (Å²) in [5.74, 6) is 1.69. The third kappa shape index (κ3) is 2.64. The van der Waals surface area contributed by atoms with Crippen molar-refractivity contribution < 1.29 is 9.90 Å². The lowest BCUT2D eigenvalue weighted by Gasteiger charge is -2.20. The van der Waals surface area contributed by atoms with E-state index >= 15 is 0 Å². The molecular weight excluding hydrogens is 302 g/mol. The highest BCUT2D eigenvalue weighted by atomic mass is 16.4. The molecule has 2 heterocycles. The van der Waals surface area contributed by atoms with Gasteiger partial charge in [0.25, 0.3) is 0 Å². The van der Waals surface area contributed by atoms with Crippen LogP contribution in [0.1, 0.15) is 40.2 Å². The van der Waals surface area contributed by atoms with E-state index in [4.69, 9.17) is 5.11 Å². The van der Waals surface area contributed by atoms with Crippen LogP contribution in [-0.4, -0.2) is 34.1 Å². The number of aryl methyl sites for hydroxylation is 1. The Balaban J connectivity index is 1.44. The van der Waals surface area contributed by atoms with E-state index in [1.165, 1.54) is 36.4 Å². The van der Waals surface area contributed by atoms with E-state index in [2.05, 4.69) is 46.1 Å². The maximum atomic E-state index is 10.9. The van der Waals surface area contributed by atoms with Gasteiger partial charge in [0.05, 0.1) is 5.56 Å². The number of fused-ring (bicyclic) bond motifs is 1. The number of aromatic carboxylic acids is 1. The Labute approximate surface area is 141 Å². The molecule has 1 aliphatic heterocycles. The van der Waals surface area contributed by atoms with Crippen molar-refractivity contribution in [2.24, 2.45) is 11.8 Å². The highest BCUT2D eigenvalue weighted by Gasteiger charge is 2.42. The van der Waals surface area contributed by atoms with Crippen LogP contribution >= 0.6 is 0 Å². The Bertz CT molecular complexity index is 745. The van der Waals surface area contributed by atoms with Gasteiger partial charge in [0.15, 0.2) is 0 Å². The second-order valence-corrected chi connectivity index (χ2v) is 7.03. The minimum Gasteiger partial charge on any atom is -0.478 e. The molecule has 0 amide bonds. The summed E-state index contributed by atoms with van der Waals surface area (Å²) < 4.78 is 0. The lowest BCUT2D eigenvalue weighted by atomic mass is 9.92. The average Bonchev–Trinajstić information content (AvgIpc) is 3.14. The summed E-state index contributed by atoms with van der Waals surface area (Å²) in [6.07, 6.45) is 5.24. The van der Waals surface area contributed by atoms with E-state index in [0.29, 0.717) is 23.7 Å². The average molecular weight is 323 g/mol. The third-order valence-electron chi connectivity index (χ3n) is 5.55. The number of hydrogen-bond donors (Lipinski definition) is 1. The van der Waals surface area contributed by atoms with Crippen molar-refractivity contribution in [2.45, 2.75) is 25.7 Å². The Morgan fingerprint density at radius 2 is 1.75 bits per heavy atom. The Kier molecular flexibility index (Phi) is 3.71. The Morgan fingerprint density at radius 1 is 1.12 bits per heavy atom. The second kappa shape index (κ2) is 5.89. The molecule has 1 aliphatic carbocycles. The number of aromatic nitrogens is 2. The molecule has 2 fully saturated rings. The van der Waals surface area contributed by atoms with Crippen molar-refractivity contribution >= 4 is 11.9 Å². The maximum absolute atomic E-state index is 10.9. The first-order chi connectivity index (χ1) is 11.6. The highest BCUT2D eigenvalue weighted by Crippen LogP contribution is 2.47. The largest absolute Gasteiger partial charge is 0.478 e. The van der Waals surface area contributed by atoms with Crippen LogP contribution in [0.3, 0.4) is 0 Å². The quantitative estimate of drug-likeness (QED) is 0.940. The Morgan fingerprint density at radius 3 is 2.33 bits per heavy atom. The first-order valence-corrected chi connectivity index (χ1v) is 8.47. The summed E-state index contributed by atoms with van der Waals surface area (Å²) in [5.41, 5.74) is 3.03. The van der Waals surface area contributed by atoms with Gasteiger partial charge >= 0.3 is 5.97 Å². The fraction of sp³-hybridized carbons (Fsp3) is 0.421. The SMILES string of the molecule is Cc1ccccc1[C@@H]1C[C@@H]2CN(c3ncc(C(=O)O)cn3)C[C@@H]2C1. The van der Waals surface area contributed by atoms with Gasteiger partial charge in [0.1, 0.15) is 0 Å². The van der Waals surface area contributed by atoms with E-state index in [1.807, 2.05) is 0 Å². The van der Waals surface area contributed by atoms with Crippen LogP contribution in [0.5, 0.6) is 0 Å². The van der Waals surface area contributed by atoms with Crippen molar-refractivity contribution in [2.75, 3.05) is 18.0 Å². The van der Waals surface area contributed by atoms with E-state index in [9.17, 15) is 4.79 Å². The molecule has 24 heavy (non-hydrogen) atoms. The van der Waals surface area contributed by atoms with Crippen LogP contribution in [0.15, 0.2) is 36.7 Å². The molecule has 124 valence electrons. The number of anilines is 1. The molecule has 0 spiro atoms. The summed E-state index contributed by atoms with van der Waals surface area (Å²) in [5, 5.41) is 8.94. The standard InChI is InChI=1S/C19H21N3O2/c1-12-4-2-3-5-17(12)13-6-14-10-22(11-15(14)7-13)19-20-8-16(9-21-19)18(23)24/h2-5,8-9,13-15H,6-7,10-11H2,1H3,(H,23,24)/t13-,14-,15+. The van der Waals surface area contributed by atoms with Crippen molar-refractivity contribution in [1.82, 2.24) is 9.97 Å². The molecule has 1 aromatic carbocycles. The molecule has 5 heteroatoms. The van der Waals surface area contributed by atoms with E-state index in [-0.39, 0.29) is 5.56 Å². The van der Waals surface area contributed by atoms with Gasteiger partial charge in [0.2, 0.25) is 5.95 Å². The monoisotopic (exact) mass is 323 g/mol. The number of carbonyl (C=O) groups is 1. The molecule has 2 aromatic rings. The molecule has 2 aliphatic rings. The zero-order chi connectivity index (χ0) is 16.7.